The van der Waals surface area contributed by atoms with Crippen LogP contribution >= 0.6 is 0 Å². The lowest BCUT2D eigenvalue weighted by Gasteiger charge is -2.26. The molecule has 15 heavy (non-hydrogen) atoms. The van der Waals surface area contributed by atoms with E-state index in [0.29, 0.717) is 6.04 Å². The number of nitrogens with one attached hydrogen (secondary N) is 1. The summed E-state index contributed by atoms with van der Waals surface area (Å²) in [7, 11) is 0. The van der Waals surface area contributed by atoms with Gasteiger partial charge in [-0.05, 0) is 17.9 Å². The highest BCUT2D eigenvalue weighted by atomic mass is 15.3. The van der Waals surface area contributed by atoms with Gasteiger partial charge in [0.25, 0.3) is 0 Å². The minimum absolute atomic E-state index is 0.239. The van der Waals surface area contributed by atoms with Gasteiger partial charge in [0.1, 0.15) is 0 Å². The molecule has 1 rings (SSSR count). The van der Waals surface area contributed by atoms with Crippen LogP contribution in [0.4, 0.5) is 0 Å². The van der Waals surface area contributed by atoms with Gasteiger partial charge in [-0.25, -0.2) is 0 Å². The third-order valence-corrected chi connectivity index (χ3v) is 2.34. The molecule has 1 heterocycles. The summed E-state index contributed by atoms with van der Waals surface area (Å²) in [6.07, 6.45) is 4.00. The van der Waals surface area contributed by atoms with Crippen molar-refractivity contribution in [3.8, 4) is 0 Å². The molecule has 1 aromatic heterocycles. The van der Waals surface area contributed by atoms with E-state index < -0.39 is 0 Å². The minimum Gasteiger partial charge on any atom is -0.314 e. The summed E-state index contributed by atoms with van der Waals surface area (Å²) in [5.41, 5.74) is 1.46. The van der Waals surface area contributed by atoms with E-state index in [9.17, 15) is 0 Å². The van der Waals surface area contributed by atoms with Crippen LogP contribution in [0.1, 0.15) is 33.3 Å². The highest BCUT2D eigenvalue weighted by Crippen LogP contribution is 2.16. The third kappa shape index (κ3) is 4.47. The van der Waals surface area contributed by atoms with E-state index in [0.717, 1.165) is 13.1 Å². The lowest BCUT2D eigenvalue weighted by molar-refractivity contribution is 0.269. The second kappa shape index (κ2) is 4.79. The molecule has 0 bridgehead atoms. The van der Waals surface area contributed by atoms with Crippen LogP contribution in [-0.4, -0.2) is 22.4 Å². The van der Waals surface area contributed by atoms with Crippen molar-refractivity contribution in [2.24, 2.45) is 5.41 Å². The highest BCUT2D eigenvalue weighted by Gasteiger charge is 2.18. The van der Waals surface area contributed by atoms with Crippen LogP contribution in [0.3, 0.4) is 0 Å². The van der Waals surface area contributed by atoms with Crippen LogP contribution in [0.2, 0.25) is 0 Å². The summed E-state index contributed by atoms with van der Waals surface area (Å²) >= 11 is 0. The Balaban J connectivity index is 2.48. The summed E-state index contributed by atoms with van der Waals surface area (Å²) < 4.78 is 2.03. The summed E-state index contributed by atoms with van der Waals surface area (Å²) in [6.45, 7) is 12.9. The van der Waals surface area contributed by atoms with E-state index >= 15 is 0 Å². The second-order valence-corrected chi connectivity index (χ2v) is 5.42. The van der Waals surface area contributed by atoms with Crippen LogP contribution < -0.4 is 5.32 Å². The van der Waals surface area contributed by atoms with Gasteiger partial charge in [0.15, 0.2) is 0 Å². The number of aromatic nitrogens is 2. The van der Waals surface area contributed by atoms with E-state index in [1.807, 2.05) is 10.9 Å². The van der Waals surface area contributed by atoms with Crippen LogP contribution in [0.15, 0.2) is 12.4 Å². The van der Waals surface area contributed by atoms with E-state index in [4.69, 9.17) is 0 Å². The molecule has 0 saturated carbocycles. The van der Waals surface area contributed by atoms with Crippen LogP contribution in [0, 0.1) is 12.3 Å². The molecular formula is C12H23N3. The van der Waals surface area contributed by atoms with Crippen LogP contribution in [0.25, 0.3) is 0 Å². The average molecular weight is 209 g/mol. The lowest BCUT2D eigenvalue weighted by atomic mass is 9.93. The van der Waals surface area contributed by atoms with Gasteiger partial charge in [0, 0.05) is 25.3 Å². The Labute approximate surface area is 92.9 Å². The monoisotopic (exact) mass is 209 g/mol. The summed E-state index contributed by atoms with van der Waals surface area (Å²) in [4.78, 5) is 0. The SMILES string of the molecule is Cc1cnn(CC(C)(C)CNC(C)C)c1. The van der Waals surface area contributed by atoms with Crippen molar-refractivity contribution in [3.05, 3.63) is 18.0 Å². The molecule has 86 valence electrons. The van der Waals surface area contributed by atoms with Crippen molar-refractivity contribution in [1.29, 1.82) is 0 Å². The fourth-order valence-electron chi connectivity index (χ4n) is 1.53. The largest absolute Gasteiger partial charge is 0.314 e. The average Bonchev–Trinajstić information content (AvgIpc) is 2.47. The Morgan fingerprint density at radius 2 is 2.13 bits per heavy atom. The Hall–Kier alpha value is -0.830. The first-order valence-corrected chi connectivity index (χ1v) is 5.61. The molecule has 1 aromatic rings. The lowest BCUT2D eigenvalue weighted by Crippen LogP contribution is -2.36. The fourth-order valence-corrected chi connectivity index (χ4v) is 1.53. The zero-order chi connectivity index (χ0) is 11.5. The van der Waals surface area contributed by atoms with E-state index in [-0.39, 0.29) is 5.41 Å². The van der Waals surface area contributed by atoms with E-state index in [2.05, 4.69) is 51.2 Å². The number of nitrogens with zero attached hydrogens (tertiary/aromatic N) is 2. The van der Waals surface area contributed by atoms with Crippen molar-refractivity contribution >= 4 is 0 Å². The van der Waals surface area contributed by atoms with Gasteiger partial charge in [-0.2, -0.15) is 5.10 Å². The number of rotatable bonds is 5. The molecule has 0 aliphatic rings. The number of hydrogen-bond donors (Lipinski definition) is 1. The predicted molar refractivity (Wildman–Crippen MR) is 63.9 cm³/mol. The highest BCUT2D eigenvalue weighted by molar-refractivity contribution is 4.99. The van der Waals surface area contributed by atoms with Crippen molar-refractivity contribution in [2.45, 2.75) is 47.2 Å². The molecule has 3 nitrogen and oxygen atoms in total. The maximum atomic E-state index is 4.32. The first kappa shape index (κ1) is 12.2. The van der Waals surface area contributed by atoms with Gasteiger partial charge >= 0.3 is 0 Å². The molecule has 0 aliphatic carbocycles. The molecule has 0 unspecified atom stereocenters. The first-order chi connectivity index (χ1) is 6.89. The van der Waals surface area contributed by atoms with Gasteiger partial charge in [-0.15, -0.1) is 0 Å². The molecule has 0 amide bonds. The normalized spacial score (nSPS) is 12.4. The molecular weight excluding hydrogens is 186 g/mol. The second-order valence-electron chi connectivity index (χ2n) is 5.42. The van der Waals surface area contributed by atoms with Gasteiger partial charge < -0.3 is 5.32 Å². The topological polar surface area (TPSA) is 29.9 Å². The molecule has 0 aromatic carbocycles. The molecule has 0 atom stereocenters. The molecule has 1 N–H and O–H groups in total. The summed E-state index contributed by atoms with van der Waals surface area (Å²) in [5, 5.41) is 7.79. The van der Waals surface area contributed by atoms with Gasteiger partial charge in [-0.3, -0.25) is 4.68 Å². The zero-order valence-corrected chi connectivity index (χ0v) is 10.5. The Bertz CT molecular complexity index is 300. The van der Waals surface area contributed by atoms with Crippen molar-refractivity contribution in [3.63, 3.8) is 0 Å². The molecule has 0 saturated heterocycles. The third-order valence-electron chi connectivity index (χ3n) is 2.34. The van der Waals surface area contributed by atoms with Crippen molar-refractivity contribution < 1.29 is 0 Å². The number of hydrogen-bond acceptors (Lipinski definition) is 2. The van der Waals surface area contributed by atoms with Gasteiger partial charge in [0.05, 0.1) is 6.20 Å². The van der Waals surface area contributed by atoms with E-state index in [1.165, 1.54) is 5.56 Å². The summed E-state index contributed by atoms with van der Waals surface area (Å²) in [5.74, 6) is 0. The number of aryl methyl sites for hydroxylation is 1. The van der Waals surface area contributed by atoms with Crippen LogP contribution in [-0.2, 0) is 6.54 Å². The van der Waals surface area contributed by atoms with E-state index in [1.54, 1.807) is 0 Å². The van der Waals surface area contributed by atoms with Crippen molar-refractivity contribution in [2.75, 3.05) is 6.54 Å². The van der Waals surface area contributed by atoms with Gasteiger partial charge in [-0.1, -0.05) is 27.7 Å². The quantitative estimate of drug-likeness (QED) is 0.806. The predicted octanol–water partition coefficient (Wildman–Crippen LogP) is 2.22. The molecule has 0 radical (unpaired) electrons. The van der Waals surface area contributed by atoms with Gasteiger partial charge in [0.2, 0.25) is 0 Å². The zero-order valence-electron chi connectivity index (χ0n) is 10.5. The standard InChI is InChI=1S/C12H23N3/c1-10(2)13-8-12(4,5)9-15-7-11(3)6-14-15/h6-7,10,13H,8-9H2,1-5H3. The maximum absolute atomic E-state index is 4.32. The Morgan fingerprint density at radius 1 is 1.47 bits per heavy atom. The Morgan fingerprint density at radius 3 is 2.60 bits per heavy atom. The molecule has 0 spiro atoms. The smallest absolute Gasteiger partial charge is 0.0518 e. The molecule has 3 heteroatoms. The maximum Gasteiger partial charge on any atom is 0.0518 e. The Kier molecular flexibility index (Phi) is 3.91. The molecule has 0 fully saturated rings. The van der Waals surface area contributed by atoms with Crippen LogP contribution in [0.5, 0.6) is 0 Å². The van der Waals surface area contributed by atoms with Crippen molar-refractivity contribution in [1.82, 2.24) is 15.1 Å². The fraction of sp³-hybridized carbons (Fsp3) is 0.750. The molecule has 0 aliphatic heterocycles. The first-order valence-electron chi connectivity index (χ1n) is 5.61. The summed E-state index contributed by atoms with van der Waals surface area (Å²) in [6, 6.07) is 0.545. The minimum atomic E-state index is 0.239.